The van der Waals surface area contributed by atoms with Gasteiger partial charge in [-0.3, -0.25) is 4.98 Å². The molecule has 0 radical (unpaired) electrons. The van der Waals surface area contributed by atoms with Crippen LogP contribution in [0.15, 0.2) is 24.5 Å². The molecule has 1 heterocycles. The normalized spacial score (nSPS) is 16.6. The topological polar surface area (TPSA) is 28.2 Å². The van der Waals surface area contributed by atoms with Crippen molar-refractivity contribution in [2.75, 3.05) is 20.6 Å². The molecule has 1 aromatic rings. The summed E-state index contributed by atoms with van der Waals surface area (Å²) >= 11 is 0. The maximum Gasteiger partial charge on any atom is 0.0312 e. The molecule has 1 aliphatic carbocycles. The third kappa shape index (κ3) is 4.62. The van der Waals surface area contributed by atoms with Gasteiger partial charge < -0.3 is 10.2 Å². The van der Waals surface area contributed by atoms with E-state index in [1.54, 1.807) is 0 Å². The van der Waals surface area contributed by atoms with Crippen LogP contribution in [0.2, 0.25) is 0 Å². The van der Waals surface area contributed by atoms with Gasteiger partial charge in [0.2, 0.25) is 0 Å². The van der Waals surface area contributed by atoms with E-state index in [1.807, 2.05) is 18.5 Å². The van der Waals surface area contributed by atoms with Gasteiger partial charge in [0, 0.05) is 31.5 Å². The molecule has 17 heavy (non-hydrogen) atoms. The average Bonchev–Trinajstić information content (AvgIpc) is 3.09. The zero-order chi connectivity index (χ0) is 11.4. The molecule has 0 bridgehead atoms. The summed E-state index contributed by atoms with van der Waals surface area (Å²) in [7, 11) is 4.35. The lowest BCUT2D eigenvalue weighted by molar-refractivity contribution is 0.255. The lowest BCUT2D eigenvalue weighted by atomic mass is 10.1. The highest BCUT2D eigenvalue weighted by molar-refractivity contribution is 5.85. The maximum absolute atomic E-state index is 4.11. The number of likely N-dealkylation sites (N-methyl/N-ethyl adjacent to an activating group) is 1. The molecule has 1 atom stereocenters. The SMILES string of the molecule is CN(C)C(CNCc1cccnc1)C1CC1.Cl. The van der Waals surface area contributed by atoms with Gasteiger partial charge in [-0.1, -0.05) is 6.07 Å². The standard InChI is InChI=1S/C13H21N3.ClH/c1-16(2)13(12-5-6-12)10-15-9-11-4-3-7-14-8-11;/h3-4,7-8,12-13,15H,5-6,9-10H2,1-2H3;1H. The Kier molecular flexibility index (Phi) is 5.89. The fraction of sp³-hybridized carbons (Fsp3) is 0.615. The summed E-state index contributed by atoms with van der Waals surface area (Å²) in [6.45, 7) is 2.00. The number of pyridine rings is 1. The number of halogens is 1. The highest BCUT2D eigenvalue weighted by Crippen LogP contribution is 2.34. The molecular formula is C13H22ClN3. The molecule has 0 spiro atoms. The Labute approximate surface area is 110 Å². The van der Waals surface area contributed by atoms with Crippen molar-refractivity contribution in [2.45, 2.75) is 25.4 Å². The second-order valence-electron chi connectivity index (χ2n) is 4.86. The zero-order valence-electron chi connectivity index (χ0n) is 10.6. The van der Waals surface area contributed by atoms with E-state index in [0.29, 0.717) is 6.04 Å². The first-order valence-electron chi connectivity index (χ1n) is 6.03. The summed E-state index contributed by atoms with van der Waals surface area (Å²) in [5.41, 5.74) is 1.26. The largest absolute Gasteiger partial charge is 0.311 e. The summed E-state index contributed by atoms with van der Waals surface area (Å²) in [5, 5.41) is 3.52. The van der Waals surface area contributed by atoms with E-state index in [9.17, 15) is 0 Å². The summed E-state index contributed by atoms with van der Waals surface area (Å²) in [5.74, 6) is 0.913. The van der Waals surface area contributed by atoms with Crippen LogP contribution in [0.5, 0.6) is 0 Å². The number of nitrogens with zero attached hydrogens (tertiary/aromatic N) is 2. The van der Waals surface area contributed by atoms with Gasteiger partial charge in [0.1, 0.15) is 0 Å². The minimum Gasteiger partial charge on any atom is -0.311 e. The van der Waals surface area contributed by atoms with Gasteiger partial charge in [-0.2, -0.15) is 0 Å². The Morgan fingerprint density at radius 1 is 1.47 bits per heavy atom. The summed E-state index contributed by atoms with van der Waals surface area (Å²) < 4.78 is 0. The molecule has 1 saturated carbocycles. The number of rotatable bonds is 6. The number of hydrogen-bond donors (Lipinski definition) is 1. The van der Waals surface area contributed by atoms with Crippen LogP contribution in [0.1, 0.15) is 18.4 Å². The predicted octanol–water partition coefficient (Wildman–Crippen LogP) is 1.93. The van der Waals surface area contributed by atoms with Crippen LogP contribution in [0, 0.1) is 5.92 Å². The molecule has 0 saturated heterocycles. The predicted molar refractivity (Wildman–Crippen MR) is 73.4 cm³/mol. The molecule has 1 N–H and O–H groups in total. The molecule has 1 aliphatic rings. The van der Waals surface area contributed by atoms with Crippen molar-refractivity contribution in [2.24, 2.45) is 5.92 Å². The van der Waals surface area contributed by atoms with Gasteiger partial charge in [0.15, 0.2) is 0 Å². The first-order chi connectivity index (χ1) is 7.77. The van der Waals surface area contributed by atoms with E-state index < -0.39 is 0 Å². The first kappa shape index (κ1) is 14.4. The summed E-state index contributed by atoms with van der Waals surface area (Å²) in [6, 6.07) is 4.79. The molecule has 1 fully saturated rings. The van der Waals surface area contributed by atoms with Crippen LogP contribution >= 0.6 is 12.4 Å². The Balaban J connectivity index is 0.00000144. The Bertz CT molecular complexity index is 310. The van der Waals surface area contributed by atoms with Crippen molar-refractivity contribution in [3.63, 3.8) is 0 Å². The lowest BCUT2D eigenvalue weighted by Gasteiger charge is -2.24. The van der Waals surface area contributed by atoms with Gasteiger partial charge in [0.05, 0.1) is 0 Å². The van der Waals surface area contributed by atoms with Crippen molar-refractivity contribution in [3.8, 4) is 0 Å². The van der Waals surface area contributed by atoms with Crippen molar-refractivity contribution < 1.29 is 0 Å². The number of hydrogen-bond acceptors (Lipinski definition) is 3. The molecule has 96 valence electrons. The Morgan fingerprint density at radius 3 is 2.76 bits per heavy atom. The van der Waals surface area contributed by atoms with Crippen molar-refractivity contribution >= 4 is 12.4 Å². The van der Waals surface area contributed by atoms with Crippen LogP contribution in [-0.2, 0) is 6.54 Å². The van der Waals surface area contributed by atoms with E-state index >= 15 is 0 Å². The van der Waals surface area contributed by atoms with Gasteiger partial charge in [-0.25, -0.2) is 0 Å². The lowest BCUT2D eigenvalue weighted by Crippen LogP contribution is -2.39. The van der Waals surface area contributed by atoms with E-state index in [4.69, 9.17) is 0 Å². The second-order valence-corrected chi connectivity index (χ2v) is 4.86. The summed E-state index contributed by atoms with van der Waals surface area (Å²) in [6.07, 6.45) is 6.54. The minimum absolute atomic E-state index is 0. The third-order valence-corrected chi connectivity index (χ3v) is 3.23. The molecule has 4 heteroatoms. The molecule has 3 nitrogen and oxygen atoms in total. The van der Waals surface area contributed by atoms with Gasteiger partial charge >= 0.3 is 0 Å². The second kappa shape index (κ2) is 6.94. The molecule has 1 aromatic heterocycles. The van der Waals surface area contributed by atoms with Crippen LogP contribution < -0.4 is 5.32 Å². The monoisotopic (exact) mass is 255 g/mol. The molecule has 0 amide bonds. The van der Waals surface area contributed by atoms with Crippen molar-refractivity contribution in [1.29, 1.82) is 0 Å². The molecule has 0 aromatic carbocycles. The molecule has 0 aliphatic heterocycles. The van der Waals surface area contributed by atoms with Gasteiger partial charge in [-0.15, -0.1) is 12.4 Å². The van der Waals surface area contributed by atoms with E-state index in [0.717, 1.165) is 19.0 Å². The van der Waals surface area contributed by atoms with E-state index in [1.165, 1.54) is 18.4 Å². The molecule has 1 unspecified atom stereocenters. The van der Waals surface area contributed by atoms with Crippen LogP contribution in [0.4, 0.5) is 0 Å². The quantitative estimate of drug-likeness (QED) is 0.842. The van der Waals surface area contributed by atoms with E-state index in [-0.39, 0.29) is 12.4 Å². The maximum atomic E-state index is 4.11. The van der Waals surface area contributed by atoms with E-state index in [2.05, 4.69) is 35.4 Å². The van der Waals surface area contributed by atoms with Gasteiger partial charge in [-0.05, 0) is 44.5 Å². The molecular weight excluding hydrogens is 234 g/mol. The van der Waals surface area contributed by atoms with Crippen molar-refractivity contribution in [1.82, 2.24) is 15.2 Å². The fourth-order valence-corrected chi connectivity index (χ4v) is 2.12. The number of aromatic nitrogens is 1. The average molecular weight is 256 g/mol. The number of nitrogens with one attached hydrogen (secondary N) is 1. The van der Waals surface area contributed by atoms with Crippen LogP contribution in [0.25, 0.3) is 0 Å². The van der Waals surface area contributed by atoms with Crippen LogP contribution in [0.3, 0.4) is 0 Å². The Hall–Kier alpha value is -0.640. The smallest absolute Gasteiger partial charge is 0.0312 e. The highest BCUT2D eigenvalue weighted by Gasteiger charge is 2.31. The fourth-order valence-electron chi connectivity index (χ4n) is 2.12. The van der Waals surface area contributed by atoms with Crippen molar-refractivity contribution in [3.05, 3.63) is 30.1 Å². The minimum atomic E-state index is 0. The van der Waals surface area contributed by atoms with Crippen LogP contribution in [-0.4, -0.2) is 36.6 Å². The first-order valence-corrected chi connectivity index (χ1v) is 6.03. The summed E-state index contributed by atoms with van der Waals surface area (Å²) in [4.78, 5) is 6.46. The Morgan fingerprint density at radius 2 is 2.24 bits per heavy atom. The molecule has 2 rings (SSSR count). The highest BCUT2D eigenvalue weighted by atomic mass is 35.5. The third-order valence-electron chi connectivity index (χ3n) is 3.23. The van der Waals surface area contributed by atoms with Gasteiger partial charge in [0.25, 0.3) is 0 Å². The zero-order valence-corrected chi connectivity index (χ0v) is 11.4.